The number of hydrogen-bond acceptors (Lipinski definition) is 4. The molecule has 0 spiro atoms. The number of carbonyl (C=O) groups excluding carboxylic acids is 1. The highest BCUT2D eigenvalue weighted by Gasteiger charge is 2.48. The van der Waals surface area contributed by atoms with Gasteiger partial charge in [-0.3, -0.25) is 10.1 Å². The van der Waals surface area contributed by atoms with Gasteiger partial charge in [0.2, 0.25) is 0 Å². The van der Waals surface area contributed by atoms with Crippen molar-refractivity contribution < 1.29 is 14.3 Å². The fourth-order valence-electron chi connectivity index (χ4n) is 5.64. The van der Waals surface area contributed by atoms with Gasteiger partial charge in [0.1, 0.15) is 11.9 Å². The van der Waals surface area contributed by atoms with Crippen LogP contribution in [0, 0.1) is 0 Å². The molecule has 3 atom stereocenters. The molecule has 0 saturated heterocycles. The Morgan fingerprint density at radius 2 is 1.88 bits per heavy atom. The Morgan fingerprint density at radius 3 is 2.61 bits per heavy atom. The number of aromatic nitrogens is 1. The van der Waals surface area contributed by atoms with Crippen molar-refractivity contribution in [2.24, 2.45) is 0 Å². The monoisotopic (exact) mass is 449 g/mol. The SMILES string of the molecule is CC(CN1C(=O)c2cc3occc3n2CC1(C)C(O)NC1CCCCCC1)c1ccccc1. The standard InChI is InChI=1S/C27H35N3O3/c1-19(20-10-6-5-7-11-20)17-30-25(31)23-16-24-22(14-15-33-24)29(23)18-27(30,2)26(32)28-21-12-8-3-4-9-13-21/h5-7,10-11,14-16,19,21,26,28,32H,3-4,8-9,12-13,17-18H2,1-2H3. The van der Waals surface area contributed by atoms with Gasteiger partial charge in [-0.25, -0.2) is 0 Å². The molecular weight excluding hydrogens is 414 g/mol. The summed E-state index contributed by atoms with van der Waals surface area (Å²) in [6.07, 6.45) is 7.86. The van der Waals surface area contributed by atoms with Crippen molar-refractivity contribution in [3.63, 3.8) is 0 Å². The van der Waals surface area contributed by atoms with Gasteiger partial charge in [-0.15, -0.1) is 0 Å². The van der Waals surface area contributed by atoms with Gasteiger partial charge in [-0.05, 0) is 31.2 Å². The summed E-state index contributed by atoms with van der Waals surface area (Å²) in [6, 6.07) is 14.3. The fraction of sp³-hybridized carbons (Fsp3) is 0.519. The van der Waals surface area contributed by atoms with Crippen LogP contribution >= 0.6 is 0 Å². The largest absolute Gasteiger partial charge is 0.463 e. The predicted molar refractivity (Wildman–Crippen MR) is 129 cm³/mol. The van der Waals surface area contributed by atoms with Crippen LogP contribution in [0.1, 0.15) is 74.3 Å². The summed E-state index contributed by atoms with van der Waals surface area (Å²) in [5.74, 6) is 0.0868. The molecule has 2 N–H and O–H groups in total. The van der Waals surface area contributed by atoms with E-state index in [9.17, 15) is 9.90 Å². The van der Waals surface area contributed by atoms with E-state index in [1.807, 2.05) is 46.7 Å². The Balaban J connectivity index is 1.48. The van der Waals surface area contributed by atoms with E-state index in [2.05, 4.69) is 24.4 Å². The molecule has 3 aromatic rings. The van der Waals surface area contributed by atoms with Crippen LogP contribution in [0.5, 0.6) is 0 Å². The van der Waals surface area contributed by atoms with Gasteiger partial charge in [0.05, 0.1) is 23.9 Å². The Morgan fingerprint density at radius 1 is 1.15 bits per heavy atom. The first-order valence-corrected chi connectivity index (χ1v) is 12.3. The van der Waals surface area contributed by atoms with Gasteiger partial charge in [-0.1, -0.05) is 62.9 Å². The normalized spacial score (nSPS) is 24.0. The molecule has 6 nitrogen and oxygen atoms in total. The molecule has 2 aromatic heterocycles. The molecule has 0 bridgehead atoms. The van der Waals surface area contributed by atoms with Crippen LogP contribution in [0.25, 0.3) is 11.1 Å². The zero-order valence-corrected chi connectivity index (χ0v) is 19.7. The third kappa shape index (κ3) is 4.11. The Kier molecular flexibility index (Phi) is 6.06. The van der Waals surface area contributed by atoms with E-state index < -0.39 is 11.8 Å². The second kappa shape index (κ2) is 8.99. The molecule has 1 saturated carbocycles. The second-order valence-electron chi connectivity index (χ2n) is 10.1. The number of aliphatic hydroxyl groups excluding tert-OH is 1. The molecule has 3 unspecified atom stereocenters. The lowest BCUT2D eigenvalue weighted by Gasteiger charge is -2.49. The fourth-order valence-corrected chi connectivity index (χ4v) is 5.64. The molecule has 1 fully saturated rings. The highest BCUT2D eigenvalue weighted by Crippen LogP contribution is 2.36. The van der Waals surface area contributed by atoms with Gasteiger partial charge < -0.3 is 19.0 Å². The third-order valence-corrected chi connectivity index (χ3v) is 7.74. The van der Waals surface area contributed by atoms with Gasteiger partial charge in [-0.2, -0.15) is 0 Å². The molecule has 2 aliphatic rings. The van der Waals surface area contributed by atoms with Crippen LogP contribution in [0.4, 0.5) is 0 Å². The number of rotatable bonds is 6. The van der Waals surface area contributed by atoms with Gasteiger partial charge in [0, 0.05) is 24.7 Å². The first-order valence-electron chi connectivity index (χ1n) is 12.3. The second-order valence-corrected chi connectivity index (χ2v) is 10.1. The van der Waals surface area contributed by atoms with Crippen LogP contribution in [0.2, 0.25) is 0 Å². The summed E-state index contributed by atoms with van der Waals surface area (Å²) in [5.41, 5.74) is 2.65. The molecule has 1 aliphatic heterocycles. The van der Waals surface area contributed by atoms with E-state index in [-0.39, 0.29) is 17.9 Å². The molecule has 1 aromatic carbocycles. The van der Waals surface area contributed by atoms with Crippen molar-refractivity contribution in [1.29, 1.82) is 0 Å². The summed E-state index contributed by atoms with van der Waals surface area (Å²) in [4.78, 5) is 15.7. The van der Waals surface area contributed by atoms with Crippen molar-refractivity contribution in [1.82, 2.24) is 14.8 Å². The Labute approximate surface area is 195 Å². The topological polar surface area (TPSA) is 70.6 Å². The van der Waals surface area contributed by atoms with E-state index in [0.29, 0.717) is 24.4 Å². The van der Waals surface area contributed by atoms with Gasteiger partial charge in [0.15, 0.2) is 5.58 Å². The summed E-state index contributed by atoms with van der Waals surface area (Å²) in [7, 11) is 0. The maximum atomic E-state index is 13.8. The number of fused-ring (bicyclic) bond motifs is 3. The lowest BCUT2D eigenvalue weighted by atomic mass is 9.90. The number of nitrogens with zero attached hydrogens (tertiary/aromatic N) is 2. The number of nitrogens with one attached hydrogen (secondary N) is 1. The highest BCUT2D eigenvalue weighted by atomic mass is 16.3. The van der Waals surface area contributed by atoms with E-state index in [0.717, 1.165) is 18.4 Å². The van der Waals surface area contributed by atoms with Crippen molar-refractivity contribution in [3.05, 3.63) is 60.0 Å². The minimum absolute atomic E-state index is 0.0559. The number of hydrogen-bond donors (Lipinski definition) is 2. The number of aliphatic hydroxyl groups is 1. The van der Waals surface area contributed by atoms with Crippen molar-refractivity contribution in [2.75, 3.05) is 6.54 Å². The lowest BCUT2D eigenvalue weighted by molar-refractivity contribution is -0.0518. The smallest absolute Gasteiger partial charge is 0.271 e. The number of amides is 1. The summed E-state index contributed by atoms with van der Waals surface area (Å²) < 4.78 is 7.62. The lowest BCUT2D eigenvalue weighted by Crippen LogP contribution is -2.67. The Bertz CT molecular complexity index is 1100. The van der Waals surface area contributed by atoms with Gasteiger partial charge in [0.25, 0.3) is 5.91 Å². The zero-order chi connectivity index (χ0) is 23.0. The molecular formula is C27H35N3O3. The van der Waals surface area contributed by atoms with E-state index in [1.54, 1.807) is 6.26 Å². The van der Waals surface area contributed by atoms with Crippen LogP contribution < -0.4 is 5.32 Å². The molecule has 0 radical (unpaired) electrons. The quantitative estimate of drug-likeness (QED) is 0.416. The van der Waals surface area contributed by atoms with Crippen molar-refractivity contribution in [3.8, 4) is 0 Å². The molecule has 176 valence electrons. The number of furan rings is 1. The first-order chi connectivity index (χ1) is 16.0. The average molecular weight is 450 g/mol. The average Bonchev–Trinajstić information content (AvgIpc) is 3.31. The molecule has 3 heterocycles. The van der Waals surface area contributed by atoms with Crippen LogP contribution in [0.15, 0.2) is 53.1 Å². The first kappa shape index (κ1) is 22.2. The van der Waals surface area contributed by atoms with E-state index >= 15 is 0 Å². The molecule has 33 heavy (non-hydrogen) atoms. The highest BCUT2D eigenvalue weighted by molar-refractivity contribution is 5.99. The molecule has 1 aliphatic carbocycles. The van der Waals surface area contributed by atoms with Crippen molar-refractivity contribution >= 4 is 17.0 Å². The molecule has 6 heteroatoms. The minimum Gasteiger partial charge on any atom is -0.463 e. The van der Waals surface area contributed by atoms with Crippen molar-refractivity contribution in [2.45, 2.75) is 82.6 Å². The molecule has 1 amide bonds. The van der Waals surface area contributed by atoms with Crippen LogP contribution in [-0.4, -0.2) is 44.8 Å². The molecule has 5 rings (SSSR count). The summed E-state index contributed by atoms with van der Waals surface area (Å²) in [6.45, 7) is 5.22. The Hall–Kier alpha value is -2.57. The third-order valence-electron chi connectivity index (χ3n) is 7.74. The number of benzene rings is 1. The maximum Gasteiger partial charge on any atom is 0.271 e. The summed E-state index contributed by atoms with van der Waals surface area (Å²) >= 11 is 0. The number of carbonyl (C=O) groups is 1. The maximum absolute atomic E-state index is 13.8. The summed E-state index contributed by atoms with van der Waals surface area (Å²) in [5, 5.41) is 15.1. The van der Waals surface area contributed by atoms with E-state index in [1.165, 1.54) is 31.2 Å². The zero-order valence-electron chi connectivity index (χ0n) is 19.7. The van der Waals surface area contributed by atoms with Crippen LogP contribution in [0.3, 0.4) is 0 Å². The minimum atomic E-state index is -0.829. The van der Waals surface area contributed by atoms with Gasteiger partial charge >= 0.3 is 0 Å². The van der Waals surface area contributed by atoms with E-state index in [4.69, 9.17) is 4.42 Å². The van der Waals surface area contributed by atoms with Crippen LogP contribution in [-0.2, 0) is 6.54 Å². The predicted octanol–water partition coefficient (Wildman–Crippen LogP) is 4.88.